The van der Waals surface area contributed by atoms with Gasteiger partial charge < -0.3 is 9.64 Å². The van der Waals surface area contributed by atoms with E-state index in [1.54, 1.807) is 23.3 Å². The van der Waals surface area contributed by atoms with Crippen LogP contribution < -0.4 is 4.74 Å². The minimum Gasteiger partial charge on any atom is -0.489 e. The zero-order chi connectivity index (χ0) is 19.2. The fourth-order valence-corrected chi connectivity index (χ4v) is 3.34. The van der Waals surface area contributed by atoms with Crippen LogP contribution in [-0.4, -0.2) is 50.0 Å². The SMILES string of the molecule is O=C(c1cn(CCc2ccccc2)nn1)N1CCC(Oc2cccnc2)CC1. The molecule has 1 aromatic carbocycles. The Balaban J connectivity index is 1.28. The summed E-state index contributed by atoms with van der Waals surface area (Å²) in [5.41, 5.74) is 1.64. The number of benzene rings is 1. The van der Waals surface area contributed by atoms with Crippen LogP contribution >= 0.6 is 0 Å². The summed E-state index contributed by atoms with van der Waals surface area (Å²) in [6.07, 6.45) is 7.73. The molecule has 0 atom stereocenters. The van der Waals surface area contributed by atoms with E-state index in [4.69, 9.17) is 4.74 Å². The predicted molar refractivity (Wildman–Crippen MR) is 104 cm³/mol. The summed E-state index contributed by atoms with van der Waals surface area (Å²) >= 11 is 0. The topological polar surface area (TPSA) is 73.1 Å². The largest absolute Gasteiger partial charge is 0.489 e. The number of pyridine rings is 1. The van der Waals surface area contributed by atoms with Gasteiger partial charge in [-0.05, 0) is 24.1 Å². The highest BCUT2D eigenvalue weighted by Crippen LogP contribution is 2.19. The van der Waals surface area contributed by atoms with Crippen molar-refractivity contribution in [1.82, 2.24) is 24.9 Å². The number of hydrogen-bond acceptors (Lipinski definition) is 5. The van der Waals surface area contributed by atoms with Gasteiger partial charge in [-0.15, -0.1) is 5.10 Å². The molecule has 28 heavy (non-hydrogen) atoms. The summed E-state index contributed by atoms with van der Waals surface area (Å²) in [5, 5.41) is 8.18. The van der Waals surface area contributed by atoms with Crippen molar-refractivity contribution in [2.24, 2.45) is 0 Å². The van der Waals surface area contributed by atoms with Gasteiger partial charge in [-0.25, -0.2) is 0 Å². The van der Waals surface area contributed by atoms with Gasteiger partial charge in [-0.3, -0.25) is 14.5 Å². The third kappa shape index (κ3) is 4.54. The lowest BCUT2D eigenvalue weighted by Crippen LogP contribution is -2.42. The number of aryl methyl sites for hydroxylation is 2. The average Bonchev–Trinajstić information content (AvgIpc) is 3.23. The Morgan fingerprint density at radius 3 is 2.68 bits per heavy atom. The molecule has 144 valence electrons. The predicted octanol–water partition coefficient (Wildman–Crippen LogP) is 2.60. The Bertz CT molecular complexity index is 889. The molecule has 1 amide bonds. The second-order valence-electron chi connectivity index (χ2n) is 6.90. The van der Waals surface area contributed by atoms with Crippen LogP contribution in [0.15, 0.2) is 61.1 Å². The molecule has 0 N–H and O–H groups in total. The zero-order valence-corrected chi connectivity index (χ0v) is 15.6. The Morgan fingerprint density at radius 1 is 1.11 bits per heavy atom. The van der Waals surface area contributed by atoms with Crippen LogP contribution in [0.4, 0.5) is 0 Å². The number of rotatable bonds is 6. The quantitative estimate of drug-likeness (QED) is 0.660. The maximum Gasteiger partial charge on any atom is 0.276 e. The second-order valence-corrected chi connectivity index (χ2v) is 6.90. The molecule has 7 heteroatoms. The van der Waals surface area contributed by atoms with Gasteiger partial charge in [-0.1, -0.05) is 35.5 Å². The lowest BCUT2D eigenvalue weighted by molar-refractivity contribution is 0.0589. The number of ether oxygens (including phenoxy) is 1. The molecule has 1 saturated heterocycles. The van der Waals surface area contributed by atoms with Crippen LogP contribution in [0.3, 0.4) is 0 Å². The van der Waals surface area contributed by atoms with E-state index < -0.39 is 0 Å². The van der Waals surface area contributed by atoms with Crippen molar-refractivity contribution in [3.05, 3.63) is 72.3 Å². The number of piperidine rings is 1. The van der Waals surface area contributed by atoms with Gasteiger partial charge in [0.25, 0.3) is 5.91 Å². The standard InChI is InChI=1S/C21H23N5O2/c27-21(20-16-26(24-23-20)14-8-17-5-2-1-3-6-17)25-12-9-18(10-13-25)28-19-7-4-11-22-15-19/h1-7,11,15-16,18H,8-10,12-14H2. The minimum atomic E-state index is -0.0641. The number of amides is 1. The normalized spacial score (nSPS) is 14.8. The average molecular weight is 377 g/mol. The summed E-state index contributed by atoms with van der Waals surface area (Å²) < 4.78 is 7.67. The van der Waals surface area contributed by atoms with Gasteiger partial charge >= 0.3 is 0 Å². The van der Waals surface area contributed by atoms with Crippen molar-refractivity contribution in [3.63, 3.8) is 0 Å². The minimum absolute atomic E-state index is 0.0641. The molecular formula is C21H23N5O2. The molecule has 3 aromatic rings. The van der Waals surface area contributed by atoms with E-state index >= 15 is 0 Å². The molecule has 3 heterocycles. The van der Waals surface area contributed by atoms with Crippen molar-refractivity contribution in [2.75, 3.05) is 13.1 Å². The van der Waals surface area contributed by atoms with E-state index in [1.165, 1.54) is 5.56 Å². The molecule has 4 rings (SSSR count). The monoisotopic (exact) mass is 377 g/mol. The second kappa shape index (κ2) is 8.65. The maximum absolute atomic E-state index is 12.7. The first-order valence-corrected chi connectivity index (χ1v) is 9.58. The zero-order valence-electron chi connectivity index (χ0n) is 15.6. The summed E-state index contributed by atoms with van der Waals surface area (Å²) in [7, 11) is 0. The van der Waals surface area contributed by atoms with E-state index in [1.807, 2.05) is 35.2 Å². The van der Waals surface area contributed by atoms with E-state index in [0.717, 1.165) is 25.0 Å². The van der Waals surface area contributed by atoms with E-state index in [0.29, 0.717) is 25.3 Å². The number of carbonyl (C=O) groups is 1. The Morgan fingerprint density at radius 2 is 1.93 bits per heavy atom. The van der Waals surface area contributed by atoms with E-state index in [9.17, 15) is 4.79 Å². The molecular weight excluding hydrogens is 354 g/mol. The summed E-state index contributed by atoms with van der Waals surface area (Å²) in [6, 6.07) is 14.0. The van der Waals surface area contributed by atoms with Crippen molar-refractivity contribution < 1.29 is 9.53 Å². The molecule has 0 unspecified atom stereocenters. The Labute approximate surface area is 164 Å². The van der Waals surface area contributed by atoms with Crippen LogP contribution in [0.1, 0.15) is 28.9 Å². The molecule has 0 bridgehead atoms. The van der Waals surface area contributed by atoms with E-state index in [2.05, 4.69) is 27.4 Å². The Kier molecular flexibility index (Phi) is 5.61. The third-order valence-corrected chi connectivity index (χ3v) is 4.90. The van der Waals surface area contributed by atoms with Gasteiger partial charge in [0.15, 0.2) is 5.69 Å². The number of likely N-dealkylation sites (tertiary alicyclic amines) is 1. The fraction of sp³-hybridized carbons (Fsp3) is 0.333. The van der Waals surface area contributed by atoms with Crippen LogP contribution in [0.2, 0.25) is 0 Å². The highest BCUT2D eigenvalue weighted by Gasteiger charge is 2.26. The number of hydrogen-bond donors (Lipinski definition) is 0. The van der Waals surface area contributed by atoms with Crippen molar-refractivity contribution in [2.45, 2.75) is 31.9 Å². The first-order chi connectivity index (χ1) is 13.8. The number of aromatic nitrogens is 4. The van der Waals surface area contributed by atoms with Crippen molar-refractivity contribution in [3.8, 4) is 5.75 Å². The van der Waals surface area contributed by atoms with Gasteiger partial charge in [0, 0.05) is 38.7 Å². The lowest BCUT2D eigenvalue weighted by Gasteiger charge is -2.31. The molecule has 1 aliphatic heterocycles. The third-order valence-electron chi connectivity index (χ3n) is 4.90. The highest BCUT2D eigenvalue weighted by atomic mass is 16.5. The molecule has 0 saturated carbocycles. The van der Waals surface area contributed by atoms with Crippen LogP contribution in [0.5, 0.6) is 5.75 Å². The maximum atomic E-state index is 12.7. The first kappa shape index (κ1) is 18.2. The Hall–Kier alpha value is -3.22. The molecule has 2 aromatic heterocycles. The lowest BCUT2D eigenvalue weighted by atomic mass is 10.1. The summed E-state index contributed by atoms with van der Waals surface area (Å²) in [4.78, 5) is 18.6. The molecule has 7 nitrogen and oxygen atoms in total. The molecule has 1 fully saturated rings. The molecule has 1 aliphatic rings. The smallest absolute Gasteiger partial charge is 0.276 e. The highest BCUT2D eigenvalue weighted by molar-refractivity contribution is 5.92. The summed E-state index contributed by atoms with van der Waals surface area (Å²) in [5.74, 6) is 0.708. The molecule has 0 aliphatic carbocycles. The van der Waals surface area contributed by atoms with E-state index in [-0.39, 0.29) is 12.0 Å². The van der Waals surface area contributed by atoms with Gasteiger partial charge in [-0.2, -0.15) is 0 Å². The van der Waals surface area contributed by atoms with Gasteiger partial charge in [0.2, 0.25) is 0 Å². The van der Waals surface area contributed by atoms with Crippen LogP contribution in [0.25, 0.3) is 0 Å². The van der Waals surface area contributed by atoms with Gasteiger partial charge in [0.1, 0.15) is 11.9 Å². The fourth-order valence-electron chi connectivity index (χ4n) is 3.34. The molecule has 0 spiro atoms. The number of carbonyl (C=O) groups excluding carboxylic acids is 1. The van der Waals surface area contributed by atoms with Crippen LogP contribution in [0, 0.1) is 0 Å². The number of nitrogens with zero attached hydrogens (tertiary/aromatic N) is 5. The molecule has 0 radical (unpaired) electrons. The van der Waals surface area contributed by atoms with Crippen molar-refractivity contribution >= 4 is 5.91 Å². The van der Waals surface area contributed by atoms with Crippen LogP contribution in [-0.2, 0) is 13.0 Å². The van der Waals surface area contributed by atoms with Gasteiger partial charge in [0.05, 0.1) is 12.4 Å². The van der Waals surface area contributed by atoms with Crippen molar-refractivity contribution in [1.29, 1.82) is 0 Å². The first-order valence-electron chi connectivity index (χ1n) is 9.58. The summed E-state index contributed by atoms with van der Waals surface area (Å²) in [6.45, 7) is 2.01.